The van der Waals surface area contributed by atoms with Crippen molar-refractivity contribution in [2.75, 3.05) is 27.4 Å². The Kier molecular flexibility index (Phi) is 17.6. The van der Waals surface area contributed by atoms with Crippen molar-refractivity contribution in [2.45, 2.75) is 157 Å². The van der Waals surface area contributed by atoms with E-state index in [9.17, 15) is 0 Å². The normalized spacial score (nSPS) is 22.2. The number of hydrogen-bond acceptors (Lipinski definition) is 7. The number of hydrogen-bond donors (Lipinski definition) is 0. The summed E-state index contributed by atoms with van der Waals surface area (Å²) in [7, 11) is -0.823. The standard InChI is InChI=1S/C47H80O7Si2/c1-32(27-33(2)42(53-55(15,16)46(7,8)9)35(4)29-50-31-38-19-23-40(48-13)24-20-38)28-34(3)44(54-56(17,18)47(10,11)12)37(6)43-36(5)30-51-45(52-43)39-21-25-41(49-14)26-22-39/h19-27,33-37,42-45H,28-31H2,1-18H3/b32-27-/t33-,34-,35-,36-,37+,42+,43-,44+,45-/m0/s1. The summed E-state index contributed by atoms with van der Waals surface area (Å²) in [6.07, 6.45) is 3.01. The molecule has 2 aromatic rings. The van der Waals surface area contributed by atoms with E-state index >= 15 is 0 Å². The number of benzene rings is 2. The molecule has 0 N–H and O–H groups in total. The smallest absolute Gasteiger partial charge is 0.192 e. The van der Waals surface area contributed by atoms with Crippen LogP contribution in [0.15, 0.2) is 60.2 Å². The molecule has 318 valence electrons. The Balaban J connectivity index is 1.86. The van der Waals surface area contributed by atoms with Crippen molar-refractivity contribution in [1.82, 2.24) is 0 Å². The van der Waals surface area contributed by atoms with Gasteiger partial charge in [0.15, 0.2) is 22.9 Å². The van der Waals surface area contributed by atoms with Crippen molar-refractivity contribution in [1.29, 1.82) is 0 Å². The van der Waals surface area contributed by atoms with Crippen molar-refractivity contribution in [2.24, 2.45) is 29.6 Å². The zero-order chi connectivity index (χ0) is 42.2. The lowest BCUT2D eigenvalue weighted by Crippen LogP contribution is -2.51. The molecule has 1 aliphatic rings. The fourth-order valence-electron chi connectivity index (χ4n) is 7.35. The quantitative estimate of drug-likeness (QED) is 0.103. The number of ether oxygens (including phenoxy) is 5. The van der Waals surface area contributed by atoms with Crippen LogP contribution >= 0.6 is 0 Å². The molecule has 0 saturated carbocycles. The highest BCUT2D eigenvalue weighted by molar-refractivity contribution is 6.74. The first-order chi connectivity index (χ1) is 25.9. The lowest BCUT2D eigenvalue weighted by Gasteiger charge is -2.47. The molecule has 0 aromatic heterocycles. The van der Waals surface area contributed by atoms with Crippen LogP contribution in [0.4, 0.5) is 0 Å². The fraction of sp³-hybridized carbons (Fsp3) is 0.702. The summed E-state index contributed by atoms with van der Waals surface area (Å²) in [6, 6.07) is 16.1. The van der Waals surface area contributed by atoms with Crippen molar-refractivity contribution in [3.63, 3.8) is 0 Å². The van der Waals surface area contributed by atoms with Crippen LogP contribution in [-0.2, 0) is 29.7 Å². The van der Waals surface area contributed by atoms with Crippen LogP contribution in [-0.4, -0.2) is 62.4 Å². The second kappa shape index (κ2) is 20.3. The van der Waals surface area contributed by atoms with Gasteiger partial charge in [-0.25, -0.2) is 0 Å². The van der Waals surface area contributed by atoms with Crippen LogP contribution in [0, 0.1) is 29.6 Å². The van der Waals surface area contributed by atoms with Crippen LogP contribution in [0.3, 0.4) is 0 Å². The molecule has 1 aliphatic heterocycles. The Morgan fingerprint density at radius 2 is 1.27 bits per heavy atom. The molecule has 0 bridgehead atoms. The Hall–Kier alpha value is -1.99. The number of rotatable bonds is 19. The van der Waals surface area contributed by atoms with Crippen LogP contribution < -0.4 is 9.47 Å². The van der Waals surface area contributed by atoms with Gasteiger partial charge in [-0.3, -0.25) is 0 Å². The van der Waals surface area contributed by atoms with Gasteiger partial charge in [0, 0.05) is 23.3 Å². The summed E-state index contributed by atoms with van der Waals surface area (Å²) in [5.41, 5.74) is 3.51. The highest BCUT2D eigenvalue weighted by Crippen LogP contribution is 2.43. The summed E-state index contributed by atoms with van der Waals surface area (Å²) in [4.78, 5) is 0. The third-order valence-corrected chi connectivity index (χ3v) is 21.8. The Labute approximate surface area is 344 Å². The van der Waals surface area contributed by atoms with E-state index in [2.05, 4.69) is 127 Å². The highest BCUT2D eigenvalue weighted by Gasteiger charge is 2.45. The lowest BCUT2D eigenvalue weighted by molar-refractivity contribution is -0.256. The number of allylic oxidation sites excluding steroid dienone is 1. The van der Waals surface area contributed by atoms with Crippen molar-refractivity contribution < 1.29 is 32.5 Å². The maximum absolute atomic E-state index is 7.42. The minimum Gasteiger partial charge on any atom is -0.497 e. The molecular formula is C47H80O7Si2. The molecule has 0 radical (unpaired) electrons. The van der Waals surface area contributed by atoms with Gasteiger partial charge < -0.3 is 32.5 Å². The monoisotopic (exact) mass is 813 g/mol. The zero-order valence-electron chi connectivity index (χ0n) is 38.6. The van der Waals surface area contributed by atoms with E-state index in [1.807, 2.05) is 36.4 Å². The van der Waals surface area contributed by atoms with Gasteiger partial charge in [0.05, 0.1) is 52.4 Å². The molecule has 0 spiro atoms. The van der Waals surface area contributed by atoms with E-state index in [-0.39, 0.29) is 58.0 Å². The molecule has 1 saturated heterocycles. The molecule has 0 unspecified atom stereocenters. The van der Waals surface area contributed by atoms with Gasteiger partial charge in [0.2, 0.25) is 0 Å². The maximum Gasteiger partial charge on any atom is 0.192 e. The zero-order valence-corrected chi connectivity index (χ0v) is 40.6. The van der Waals surface area contributed by atoms with Crippen LogP contribution in [0.5, 0.6) is 11.5 Å². The SMILES string of the molecule is COc1ccc(COC[C@H](C)[C@H](O[Si](C)(C)C(C)(C)C)[C@@H](C)/C=C(/C)C[C@H](C)[C@@H](O[Si](C)(C)C(C)(C)C)[C@H](C)[C@H]2O[C@@H](c3ccc(OC)cc3)OC[C@@H]2C)cc1. The van der Waals surface area contributed by atoms with E-state index in [0.29, 0.717) is 19.8 Å². The van der Waals surface area contributed by atoms with Gasteiger partial charge in [0.1, 0.15) is 11.5 Å². The summed E-state index contributed by atoms with van der Waals surface area (Å²) in [5, 5.41) is 0.180. The predicted octanol–water partition coefficient (Wildman–Crippen LogP) is 12.6. The van der Waals surface area contributed by atoms with Gasteiger partial charge >= 0.3 is 0 Å². The molecule has 9 heteroatoms. The maximum atomic E-state index is 7.42. The van der Waals surface area contributed by atoms with E-state index in [1.165, 1.54) is 5.57 Å². The Morgan fingerprint density at radius 3 is 1.77 bits per heavy atom. The van der Waals surface area contributed by atoms with Gasteiger partial charge in [-0.15, -0.1) is 0 Å². The first kappa shape index (κ1) is 48.4. The minimum atomic E-state index is -2.13. The van der Waals surface area contributed by atoms with Gasteiger partial charge in [-0.1, -0.05) is 112 Å². The van der Waals surface area contributed by atoms with E-state index in [1.54, 1.807) is 14.2 Å². The molecule has 2 aromatic carbocycles. The van der Waals surface area contributed by atoms with Gasteiger partial charge in [-0.2, -0.15) is 0 Å². The molecule has 1 heterocycles. The second-order valence-electron chi connectivity index (χ2n) is 20.0. The van der Waals surface area contributed by atoms with E-state index < -0.39 is 22.9 Å². The first-order valence-electron chi connectivity index (χ1n) is 21.0. The van der Waals surface area contributed by atoms with Crippen molar-refractivity contribution >= 4 is 16.6 Å². The first-order valence-corrected chi connectivity index (χ1v) is 26.9. The summed E-state index contributed by atoms with van der Waals surface area (Å²) < 4.78 is 44.9. The summed E-state index contributed by atoms with van der Waals surface area (Å²) >= 11 is 0. The van der Waals surface area contributed by atoms with Gasteiger partial charge in [-0.05, 0) is 91.3 Å². The largest absolute Gasteiger partial charge is 0.497 e. The third kappa shape index (κ3) is 13.3. The van der Waals surface area contributed by atoms with Crippen LogP contribution in [0.2, 0.25) is 36.3 Å². The van der Waals surface area contributed by atoms with Crippen molar-refractivity contribution in [3.8, 4) is 11.5 Å². The van der Waals surface area contributed by atoms with E-state index in [0.717, 1.165) is 29.0 Å². The van der Waals surface area contributed by atoms with Crippen LogP contribution in [0.1, 0.15) is 107 Å². The Bertz CT molecular complexity index is 1490. The second-order valence-corrected chi connectivity index (χ2v) is 29.5. The highest BCUT2D eigenvalue weighted by atomic mass is 28.4. The molecule has 1 fully saturated rings. The lowest BCUT2D eigenvalue weighted by atomic mass is 9.81. The van der Waals surface area contributed by atoms with Crippen LogP contribution in [0.25, 0.3) is 0 Å². The van der Waals surface area contributed by atoms with Gasteiger partial charge in [0.25, 0.3) is 0 Å². The summed E-state index contributed by atoms with van der Waals surface area (Å²) in [6.45, 7) is 39.1. The molecule has 7 nitrogen and oxygen atoms in total. The molecular weight excluding hydrogens is 733 g/mol. The molecule has 3 rings (SSSR count). The molecule has 9 atom stereocenters. The van der Waals surface area contributed by atoms with Crippen molar-refractivity contribution in [3.05, 3.63) is 71.3 Å². The Morgan fingerprint density at radius 1 is 0.768 bits per heavy atom. The molecule has 56 heavy (non-hydrogen) atoms. The molecule has 0 aliphatic carbocycles. The van der Waals surface area contributed by atoms with E-state index in [4.69, 9.17) is 32.5 Å². The predicted molar refractivity (Wildman–Crippen MR) is 238 cm³/mol. The fourth-order valence-corrected chi connectivity index (χ4v) is 10.3. The number of methoxy groups -OCH3 is 2. The average Bonchev–Trinajstić information content (AvgIpc) is 3.12. The minimum absolute atomic E-state index is 0.0150. The average molecular weight is 813 g/mol. The third-order valence-electron chi connectivity index (χ3n) is 12.9. The topological polar surface area (TPSA) is 64.6 Å². The summed E-state index contributed by atoms with van der Waals surface area (Å²) in [5.74, 6) is 2.74. The molecule has 0 amide bonds.